The molecule has 2 aromatic carbocycles. The van der Waals surface area contributed by atoms with Crippen molar-refractivity contribution in [2.45, 2.75) is 57.0 Å². The highest BCUT2D eigenvalue weighted by atomic mass is 16.2. The second-order valence-corrected chi connectivity index (χ2v) is 11.0. The molecule has 0 spiro atoms. The number of benzene rings is 2. The number of carbonyl (C=O) groups is 4. The third kappa shape index (κ3) is 11.0. The predicted octanol–water partition coefficient (Wildman–Crippen LogP) is 1.61. The first-order valence-electron chi connectivity index (χ1n) is 14.9. The number of carbonyl (C=O) groups excluding carboxylic acids is 4. The van der Waals surface area contributed by atoms with E-state index in [1.165, 1.54) is 23.0 Å². The van der Waals surface area contributed by atoms with Gasteiger partial charge in [0, 0.05) is 32.0 Å². The molecule has 3 rings (SSSR count). The standard InChI is InChI=1S/C32H46N6O4/c1-24(39)35-19-21-38(32(42)29(33)16-15-27-14-9-20-37(27)2)23-31(41)36-30(40)22-34-18-17-28(25-10-5-3-6-11-25)26-12-7-4-8-13-26/h3-8,10-13,27-29,34H,9,14-23,33H2,1-2H3,(H,35,39)(H,36,40,41). The molecule has 2 aromatic rings. The molecule has 1 aliphatic rings. The van der Waals surface area contributed by atoms with Gasteiger partial charge in [-0.2, -0.15) is 0 Å². The van der Waals surface area contributed by atoms with Crippen LogP contribution in [0.4, 0.5) is 0 Å². The molecule has 1 heterocycles. The Labute approximate surface area is 249 Å². The van der Waals surface area contributed by atoms with Crippen LogP contribution in [0.1, 0.15) is 56.1 Å². The van der Waals surface area contributed by atoms with Crippen LogP contribution in [0.25, 0.3) is 0 Å². The zero-order valence-corrected chi connectivity index (χ0v) is 24.9. The van der Waals surface area contributed by atoms with Crippen LogP contribution in [-0.4, -0.2) is 91.8 Å². The van der Waals surface area contributed by atoms with Crippen molar-refractivity contribution in [2.24, 2.45) is 5.73 Å². The van der Waals surface area contributed by atoms with Crippen molar-refractivity contribution in [3.05, 3.63) is 71.8 Å². The molecule has 2 unspecified atom stereocenters. The first kappa shape index (κ1) is 32.9. The van der Waals surface area contributed by atoms with Crippen molar-refractivity contribution >= 4 is 23.6 Å². The van der Waals surface area contributed by atoms with E-state index in [2.05, 4.69) is 52.2 Å². The highest BCUT2D eigenvalue weighted by Gasteiger charge is 2.27. The molecule has 1 aliphatic heterocycles. The van der Waals surface area contributed by atoms with E-state index in [4.69, 9.17) is 5.73 Å². The zero-order chi connectivity index (χ0) is 30.3. The van der Waals surface area contributed by atoms with Gasteiger partial charge in [0.15, 0.2) is 0 Å². The Balaban J connectivity index is 1.47. The number of hydrogen-bond acceptors (Lipinski definition) is 7. The Hall–Kier alpha value is -3.60. The van der Waals surface area contributed by atoms with Gasteiger partial charge in [-0.25, -0.2) is 0 Å². The normalized spacial score (nSPS) is 15.8. The summed E-state index contributed by atoms with van der Waals surface area (Å²) < 4.78 is 0. The summed E-state index contributed by atoms with van der Waals surface area (Å²) in [4.78, 5) is 53.3. The molecule has 0 aromatic heterocycles. The molecule has 0 radical (unpaired) electrons. The molecule has 2 atom stereocenters. The van der Waals surface area contributed by atoms with E-state index in [0.29, 0.717) is 19.0 Å². The van der Waals surface area contributed by atoms with Gasteiger partial charge in [-0.1, -0.05) is 60.7 Å². The van der Waals surface area contributed by atoms with Crippen molar-refractivity contribution < 1.29 is 19.2 Å². The van der Waals surface area contributed by atoms with E-state index in [1.807, 2.05) is 36.4 Å². The lowest BCUT2D eigenvalue weighted by molar-refractivity contribution is -0.139. The number of nitrogens with two attached hydrogens (primary N) is 1. The molecule has 5 N–H and O–H groups in total. The molecule has 228 valence electrons. The monoisotopic (exact) mass is 578 g/mol. The van der Waals surface area contributed by atoms with Crippen LogP contribution in [0.15, 0.2) is 60.7 Å². The maximum Gasteiger partial charge on any atom is 0.246 e. The van der Waals surface area contributed by atoms with Crippen molar-refractivity contribution in [3.63, 3.8) is 0 Å². The smallest absolute Gasteiger partial charge is 0.246 e. The van der Waals surface area contributed by atoms with E-state index < -0.39 is 17.9 Å². The van der Waals surface area contributed by atoms with Crippen LogP contribution in [0, 0.1) is 0 Å². The van der Waals surface area contributed by atoms with Crippen molar-refractivity contribution in [1.29, 1.82) is 0 Å². The fourth-order valence-corrected chi connectivity index (χ4v) is 5.47. The van der Waals surface area contributed by atoms with Crippen LogP contribution in [0.2, 0.25) is 0 Å². The van der Waals surface area contributed by atoms with E-state index in [-0.39, 0.29) is 43.9 Å². The summed E-state index contributed by atoms with van der Waals surface area (Å²) in [6.45, 7) is 2.96. The van der Waals surface area contributed by atoms with E-state index >= 15 is 0 Å². The van der Waals surface area contributed by atoms with Crippen LogP contribution >= 0.6 is 0 Å². The minimum Gasteiger partial charge on any atom is -0.355 e. The minimum absolute atomic E-state index is 0.0315. The summed E-state index contributed by atoms with van der Waals surface area (Å²) in [5, 5.41) is 8.15. The Kier molecular flexibility index (Phi) is 13.6. The minimum atomic E-state index is -0.760. The lowest BCUT2D eigenvalue weighted by Gasteiger charge is -2.26. The number of nitrogens with zero attached hydrogens (tertiary/aromatic N) is 2. The molecule has 10 heteroatoms. The van der Waals surface area contributed by atoms with Gasteiger partial charge in [-0.05, 0) is 63.4 Å². The van der Waals surface area contributed by atoms with Gasteiger partial charge < -0.3 is 26.2 Å². The molecular formula is C32H46N6O4. The lowest BCUT2D eigenvalue weighted by Crippen LogP contribution is -2.51. The number of likely N-dealkylation sites (tertiary alicyclic amines) is 1. The van der Waals surface area contributed by atoms with Crippen LogP contribution in [0.5, 0.6) is 0 Å². The summed E-state index contributed by atoms with van der Waals surface area (Å²) in [5.41, 5.74) is 8.63. The number of amides is 4. The van der Waals surface area contributed by atoms with Gasteiger partial charge in [-0.15, -0.1) is 0 Å². The Morgan fingerprint density at radius 1 is 0.952 bits per heavy atom. The molecule has 0 saturated carbocycles. The average molecular weight is 579 g/mol. The van der Waals surface area contributed by atoms with Gasteiger partial charge in [-0.3, -0.25) is 24.5 Å². The maximum absolute atomic E-state index is 13.1. The SMILES string of the molecule is CC(=O)NCCN(CC(=O)NC(=O)CNCCC(c1ccccc1)c1ccccc1)C(=O)C(N)CCC1CCCN1C. The lowest BCUT2D eigenvalue weighted by atomic mass is 9.88. The van der Waals surface area contributed by atoms with Crippen LogP contribution in [0.3, 0.4) is 0 Å². The van der Waals surface area contributed by atoms with Gasteiger partial charge >= 0.3 is 0 Å². The van der Waals surface area contributed by atoms with Crippen molar-refractivity contribution in [3.8, 4) is 0 Å². The second-order valence-electron chi connectivity index (χ2n) is 11.0. The first-order chi connectivity index (χ1) is 20.2. The van der Waals surface area contributed by atoms with Crippen LogP contribution in [-0.2, 0) is 19.2 Å². The second kappa shape index (κ2) is 17.4. The largest absolute Gasteiger partial charge is 0.355 e. The Bertz CT molecular complexity index is 1110. The number of hydrogen-bond donors (Lipinski definition) is 4. The Morgan fingerprint density at radius 3 is 2.17 bits per heavy atom. The number of nitrogens with one attached hydrogen (secondary N) is 3. The van der Waals surface area contributed by atoms with Gasteiger partial charge in [0.2, 0.25) is 23.6 Å². The summed E-state index contributed by atoms with van der Waals surface area (Å²) in [5.74, 6) is -1.49. The average Bonchev–Trinajstić information content (AvgIpc) is 3.40. The number of imide groups is 1. The summed E-state index contributed by atoms with van der Waals surface area (Å²) in [6.07, 6.45) is 4.30. The zero-order valence-electron chi connectivity index (χ0n) is 24.9. The molecule has 1 saturated heterocycles. The maximum atomic E-state index is 13.1. The van der Waals surface area contributed by atoms with Gasteiger partial charge in [0.1, 0.15) is 6.54 Å². The van der Waals surface area contributed by atoms with Gasteiger partial charge in [0.25, 0.3) is 0 Å². The topological polar surface area (TPSA) is 137 Å². The molecule has 0 aliphatic carbocycles. The molecule has 4 amide bonds. The third-order valence-corrected chi connectivity index (χ3v) is 7.78. The Morgan fingerprint density at radius 2 is 1.60 bits per heavy atom. The van der Waals surface area contributed by atoms with E-state index in [1.54, 1.807) is 0 Å². The first-order valence-corrected chi connectivity index (χ1v) is 14.9. The molecule has 0 bridgehead atoms. The molecule has 42 heavy (non-hydrogen) atoms. The predicted molar refractivity (Wildman–Crippen MR) is 163 cm³/mol. The van der Waals surface area contributed by atoms with Crippen molar-refractivity contribution in [2.75, 3.05) is 46.3 Å². The van der Waals surface area contributed by atoms with Crippen molar-refractivity contribution in [1.82, 2.24) is 25.8 Å². The summed E-state index contributed by atoms with van der Waals surface area (Å²) >= 11 is 0. The molecule has 1 fully saturated rings. The van der Waals surface area contributed by atoms with Gasteiger partial charge in [0.05, 0.1) is 12.6 Å². The highest BCUT2D eigenvalue weighted by Crippen LogP contribution is 2.27. The highest BCUT2D eigenvalue weighted by molar-refractivity contribution is 5.98. The third-order valence-electron chi connectivity index (χ3n) is 7.78. The van der Waals surface area contributed by atoms with Crippen LogP contribution < -0.4 is 21.7 Å². The summed E-state index contributed by atoms with van der Waals surface area (Å²) in [7, 11) is 2.08. The van der Waals surface area contributed by atoms with E-state index in [0.717, 1.165) is 32.2 Å². The fraction of sp³-hybridized carbons (Fsp3) is 0.500. The number of rotatable bonds is 16. The fourth-order valence-electron chi connectivity index (χ4n) is 5.47. The molecule has 10 nitrogen and oxygen atoms in total. The quantitative estimate of drug-likeness (QED) is 0.222. The molecular weight excluding hydrogens is 532 g/mol. The van der Waals surface area contributed by atoms with E-state index in [9.17, 15) is 19.2 Å². The summed E-state index contributed by atoms with van der Waals surface area (Å²) in [6, 6.07) is 20.1.